The molecule has 2 aromatic heterocycles. The minimum atomic E-state index is 0.923. The maximum Gasteiger partial charge on any atom is 0.0327 e. The summed E-state index contributed by atoms with van der Waals surface area (Å²) in [5.74, 6) is 0. The largest absolute Gasteiger partial charge is 0.307 e. The van der Waals surface area contributed by atoms with Crippen molar-refractivity contribution in [1.29, 1.82) is 0 Å². The van der Waals surface area contributed by atoms with Gasteiger partial charge in [-0.3, -0.25) is 0 Å². The van der Waals surface area contributed by atoms with E-state index in [1.165, 1.54) is 23.6 Å². The first-order chi connectivity index (χ1) is 7.66. The molecule has 2 rings (SSSR count). The molecule has 0 aliphatic heterocycles. The van der Waals surface area contributed by atoms with Crippen molar-refractivity contribution in [2.45, 2.75) is 20.0 Å². The van der Waals surface area contributed by atoms with E-state index in [2.05, 4.69) is 61.6 Å². The molecule has 0 unspecified atom stereocenters. The van der Waals surface area contributed by atoms with Gasteiger partial charge in [0.05, 0.1) is 0 Å². The lowest BCUT2D eigenvalue weighted by molar-refractivity contribution is 0.707. The summed E-state index contributed by atoms with van der Waals surface area (Å²) in [5, 5.41) is 5.56. The summed E-state index contributed by atoms with van der Waals surface area (Å²) in [5.41, 5.74) is 0. The number of nitrogens with one attached hydrogen (secondary N) is 1. The second kappa shape index (κ2) is 5.78. The molecule has 0 aliphatic rings. The second-order valence-electron chi connectivity index (χ2n) is 3.41. The van der Waals surface area contributed by atoms with Gasteiger partial charge in [-0.15, -0.1) is 22.7 Å². The number of halogens is 2. The first kappa shape index (κ1) is 12.8. The van der Waals surface area contributed by atoms with Crippen LogP contribution in [0.25, 0.3) is 0 Å². The maximum absolute atomic E-state index is 3.54. The highest BCUT2D eigenvalue weighted by Crippen LogP contribution is 2.26. The van der Waals surface area contributed by atoms with Crippen LogP contribution in [0, 0.1) is 6.92 Å². The summed E-state index contributed by atoms with van der Waals surface area (Å²) in [6.45, 7) is 3.99. The van der Waals surface area contributed by atoms with E-state index in [9.17, 15) is 0 Å². The normalized spacial score (nSPS) is 10.9. The van der Waals surface area contributed by atoms with Crippen LogP contribution in [0.5, 0.6) is 0 Å². The Balaban J connectivity index is 1.87. The number of hydrogen-bond acceptors (Lipinski definition) is 3. The lowest BCUT2D eigenvalue weighted by Crippen LogP contribution is -2.10. The zero-order chi connectivity index (χ0) is 11.5. The SMILES string of the molecule is Cc1sc(CNCc2sccc2Br)cc1Br. The van der Waals surface area contributed by atoms with Crippen molar-refractivity contribution < 1.29 is 0 Å². The fourth-order valence-electron chi connectivity index (χ4n) is 1.36. The van der Waals surface area contributed by atoms with Gasteiger partial charge in [0, 0.05) is 36.7 Å². The number of thiophene rings is 2. The number of rotatable bonds is 4. The molecule has 0 atom stereocenters. The van der Waals surface area contributed by atoms with Crippen LogP contribution in [0.2, 0.25) is 0 Å². The molecule has 1 N–H and O–H groups in total. The van der Waals surface area contributed by atoms with E-state index < -0.39 is 0 Å². The Morgan fingerprint density at radius 3 is 2.62 bits per heavy atom. The van der Waals surface area contributed by atoms with E-state index in [0.717, 1.165) is 13.1 Å². The predicted molar refractivity (Wildman–Crippen MR) is 79.3 cm³/mol. The van der Waals surface area contributed by atoms with Crippen LogP contribution < -0.4 is 5.32 Å². The topological polar surface area (TPSA) is 12.0 Å². The van der Waals surface area contributed by atoms with Gasteiger partial charge in [0.15, 0.2) is 0 Å². The van der Waals surface area contributed by atoms with Gasteiger partial charge in [-0.2, -0.15) is 0 Å². The fraction of sp³-hybridized carbons (Fsp3) is 0.273. The van der Waals surface area contributed by atoms with E-state index in [1.807, 2.05) is 11.3 Å². The van der Waals surface area contributed by atoms with Gasteiger partial charge in [-0.25, -0.2) is 0 Å². The lowest BCUT2D eigenvalue weighted by atomic mass is 10.4. The summed E-state index contributed by atoms with van der Waals surface area (Å²) in [7, 11) is 0. The first-order valence-electron chi connectivity index (χ1n) is 4.84. The molecule has 0 spiro atoms. The minimum absolute atomic E-state index is 0.923. The average Bonchev–Trinajstić information content (AvgIpc) is 2.76. The van der Waals surface area contributed by atoms with Gasteiger partial charge >= 0.3 is 0 Å². The maximum atomic E-state index is 3.54. The van der Waals surface area contributed by atoms with E-state index in [4.69, 9.17) is 0 Å². The Labute approximate surface area is 120 Å². The van der Waals surface area contributed by atoms with E-state index in [1.54, 1.807) is 11.3 Å². The summed E-state index contributed by atoms with van der Waals surface area (Å²) < 4.78 is 2.42. The van der Waals surface area contributed by atoms with Gasteiger partial charge in [-0.05, 0) is 56.3 Å². The third kappa shape index (κ3) is 3.17. The molecular weight excluding hydrogens is 370 g/mol. The Bertz CT molecular complexity index is 457. The highest BCUT2D eigenvalue weighted by molar-refractivity contribution is 9.10. The van der Waals surface area contributed by atoms with Crippen LogP contribution in [-0.2, 0) is 13.1 Å². The molecular formula is C11H11Br2NS2. The minimum Gasteiger partial charge on any atom is -0.307 e. The van der Waals surface area contributed by atoms with Gasteiger partial charge in [0.1, 0.15) is 0 Å². The third-order valence-electron chi connectivity index (χ3n) is 2.18. The summed E-state index contributed by atoms with van der Waals surface area (Å²) in [4.78, 5) is 4.07. The fourth-order valence-corrected chi connectivity index (χ4v) is 4.39. The molecule has 1 nitrogen and oxygen atoms in total. The summed E-state index contributed by atoms with van der Waals surface area (Å²) in [6.07, 6.45) is 0. The van der Waals surface area contributed by atoms with Gasteiger partial charge < -0.3 is 5.32 Å². The van der Waals surface area contributed by atoms with E-state index in [0.29, 0.717) is 0 Å². The van der Waals surface area contributed by atoms with Crippen LogP contribution in [-0.4, -0.2) is 0 Å². The van der Waals surface area contributed by atoms with E-state index in [-0.39, 0.29) is 0 Å². The van der Waals surface area contributed by atoms with Crippen molar-refractivity contribution in [3.63, 3.8) is 0 Å². The van der Waals surface area contributed by atoms with Crippen LogP contribution >= 0.6 is 54.5 Å². The molecule has 5 heteroatoms. The quantitative estimate of drug-likeness (QED) is 0.792. The monoisotopic (exact) mass is 379 g/mol. The zero-order valence-electron chi connectivity index (χ0n) is 8.72. The zero-order valence-corrected chi connectivity index (χ0v) is 13.5. The lowest BCUT2D eigenvalue weighted by Gasteiger charge is -2.01. The average molecular weight is 381 g/mol. The van der Waals surface area contributed by atoms with Crippen molar-refractivity contribution in [2.24, 2.45) is 0 Å². The van der Waals surface area contributed by atoms with E-state index >= 15 is 0 Å². The van der Waals surface area contributed by atoms with Gasteiger partial charge in [0.2, 0.25) is 0 Å². The molecule has 2 heterocycles. The highest BCUT2D eigenvalue weighted by atomic mass is 79.9. The molecule has 0 fully saturated rings. The van der Waals surface area contributed by atoms with Crippen LogP contribution in [0.1, 0.15) is 14.6 Å². The van der Waals surface area contributed by atoms with Crippen LogP contribution in [0.3, 0.4) is 0 Å². The van der Waals surface area contributed by atoms with Crippen molar-refractivity contribution in [3.05, 3.63) is 41.1 Å². The first-order valence-corrected chi connectivity index (χ1v) is 8.12. The molecule has 0 saturated heterocycles. The highest BCUT2D eigenvalue weighted by Gasteiger charge is 2.04. The molecule has 0 aromatic carbocycles. The third-order valence-corrected chi connectivity index (χ3v) is 6.25. The van der Waals surface area contributed by atoms with Crippen molar-refractivity contribution in [3.8, 4) is 0 Å². The number of aryl methyl sites for hydroxylation is 1. The Morgan fingerprint density at radius 2 is 2.06 bits per heavy atom. The molecule has 0 bridgehead atoms. The summed E-state index contributed by atoms with van der Waals surface area (Å²) >= 11 is 10.7. The molecule has 0 amide bonds. The Kier molecular flexibility index (Phi) is 4.61. The van der Waals surface area contributed by atoms with Crippen molar-refractivity contribution >= 4 is 54.5 Å². The number of hydrogen-bond donors (Lipinski definition) is 1. The van der Waals surface area contributed by atoms with Crippen LogP contribution in [0.4, 0.5) is 0 Å². The molecule has 86 valence electrons. The smallest absolute Gasteiger partial charge is 0.0327 e. The Morgan fingerprint density at radius 1 is 1.25 bits per heavy atom. The van der Waals surface area contributed by atoms with Crippen molar-refractivity contribution in [1.82, 2.24) is 5.32 Å². The molecule has 16 heavy (non-hydrogen) atoms. The summed E-state index contributed by atoms with van der Waals surface area (Å²) in [6, 6.07) is 4.28. The predicted octanol–water partition coefficient (Wildman–Crippen LogP) is 4.93. The molecule has 0 radical (unpaired) electrons. The van der Waals surface area contributed by atoms with Crippen molar-refractivity contribution in [2.75, 3.05) is 0 Å². The molecule has 2 aromatic rings. The van der Waals surface area contributed by atoms with Crippen LogP contribution in [0.15, 0.2) is 26.5 Å². The molecule has 0 aliphatic carbocycles. The second-order valence-corrected chi connectivity index (χ2v) is 7.46. The standard InChI is InChI=1S/C11H11Br2NS2/c1-7-10(13)4-8(16-7)5-14-6-11-9(12)2-3-15-11/h2-4,14H,5-6H2,1H3. The van der Waals surface area contributed by atoms with Gasteiger partial charge in [0.25, 0.3) is 0 Å². The Hall–Kier alpha value is 0.320. The molecule has 0 saturated carbocycles. The van der Waals surface area contributed by atoms with Gasteiger partial charge in [-0.1, -0.05) is 0 Å².